The molecule has 0 bridgehead atoms. The molecule has 9 nitrogen and oxygen atoms in total. The van der Waals surface area contributed by atoms with E-state index in [9.17, 15) is 8.42 Å². The van der Waals surface area contributed by atoms with Crippen LogP contribution < -0.4 is 9.64 Å². The number of nitrogens with zero attached hydrogens (tertiary/aromatic N) is 2. The number of piperidine rings is 1. The Hall–Kier alpha value is -2.77. The molecule has 0 N–H and O–H groups in total. The van der Waals surface area contributed by atoms with E-state index in [1.165, 1.54) is 0 Å². The van der Waals surface area contributed by atoms with Crippen molar-refractivity contribution in [3.8, 4) is 5.75 Å². The van der Waals surface area contributed by atoms with E-state index < -0.39 is 24.4 Å². The molecule has 3 atom stereocenters. The first-order valence-electron chi connectivity index (χ1n) is 19.7. The number of fused-ring (bicyclic) bond motifs is 1. The highest BCUT2D eigenvalue weighted by atomic mass is 32.2. The number of hydrogen-bond acceptors (Lipinski definition) is 8. The van der Waals surface area contributed by atoms with Crippen LogP contribution in [-0.4, -0.2) is 86.9 Å². The van der Waals surface area contributed by atoms with Gasteiger partial charge < -0.3 is 28.3 Å². The highest BCUT2D eigenvalue weighted by Crippen LogP contribution is 2.44. The van der Waals surface area contributed by atoms with Gasteiger partial charge in [0.2, 0.25) is 10.0 Å². The van der Waals surface area contributed by atoms with Crippen molar-refractivity contribution in [2.45, 2.75) is 114 Å². The maximum Gasteiger partial charge on any atom is 0.243 e. The number of ether oxygens (including phenoxy) is 4. The van der Waals surface area contributed by atoms with Crippen LogP contribution in [0.25, 0.3) is 0 Å². The van der Waals surface area contributed by atoms with Gasteiger partial charge >= 0.3 is 0 Å². The van der Waals surface area contributed by atoms with Crippen LogP contribution >= 0.6 is 0 Å². The number of anilines is 1. The van der Waals surface area contributed by atoms with E-state index in [1.54, 1.807) is 30.7 Å². The maximum atomic E-state index is 14.7. The zero-order valence-electron chi connectivity index (χ0n) is 34.0. The summed E-state index contributed by atoms with van der Waals surface area (Å²) < 4.78 is 61.9. The number of sulfonamides is 1. The van der Waals surface area contributed by atoms with Gasteiger partial charge in [0.15, 0.2) is 8.32 Å². The van der Waals surface area contributed by atoms with Crippen molar-refractivity contribution in [3.05, 3.63) is 89.0 Å². The zero-order valence-corrected chi connectivity index (χ0v) is 35.9. The van der Waals surface area contributed by atoms with Crippen molar-refractivity contribution in [2.75, 3.05) is 58.6 Å². The Balaban J connectivity index is 1.50. The van der Waals surface area contributed by atoms with Gasteiger partial charge in [0.05, 0.1) is 43.1 Å². The fraction of sp³-hybridized carbons (Fsp3) is 0.581. The number of rotatable bonds is 18. The Labute approximate surface area is 326 Å². The fourth-order valence-electron chi connectivity index (χ4n) is 8.84. The molecule has 0 saturated carbocycles. The van der Waals surface area contributed by atoms with E-state index in [1.807, 2.05) is 25.1 Å². The molecule has 1 fully saturated rings. The van der Waals surface area contributed by atoms with Crippen LogP contribution in [0, 0.1) is 6.92 Å². The molecule has 0 unspecified atom stereocenters. The summed E-state index contributed by atoms with van der Waals surface area (Å²) in [5, 5.41) is 0. The minimum atomic E-state index is -3.88. The van der Waals surface area contributed by atoms with Crippen LogP contribution in [0.1, 0.15) is 82.6 Å². The van der Waals surface area contributed by atoms with Gasteiger partial charge in [-0.05, 0) is 77.3 Å². The van der Waals surface area contributed by atoms with Crippen molar-refractivity contribution in [1.29, 1.82) is 0 Å². The molecule has 2 aliphatic heterocycles. The van der Waals surface area contributed by atoms with E-state index in [4.69, 9.17) is 23.4 Å². The molecule has 54 heavy (non-hydrogen) atoms. The molecule has 2 aliphatic rings. The van der Waals surface area contributed by atoms with Crippen LogP contribution in [-0.2, 0) is 41.9 Å². The molecule has 2 heterocycles. The number of hydrogen-bond donors (Lipinski definition) is 0. The zero-order chi connectivity index (χ0) is 39.0. The molecular formula is C43H64N2O7SSi. The lowest BCUT2D eigenvalue weighted by atomic mass is 9.84. The van der Waals surface area contributed by atoms with Crippen molar-refractivity contribution in [2.24, 2.45) is 0 Å². The average molecular weight is 781 g/mol. The van der Waals surface area contributed by atoms with Gasteiger partial charge in [-0.3, -0.25) is 0 Å². The standard InChI is InChI=1S/C43H64N2O7SSi/c1-31(2)54(32(3)4,33(5)6)52-30-38-26-40(37-16-13-35(14-17-37)28-49-9)43(27-45(38)53(46,47)39-18-11-34(7)12-19-39)51-29-36-15-20-42-41(25-36)44(22-24-50-42)21-10-23-48-8/h11-20,25,31-33,38,40,43H,10,21-24,26-30H2,1-9H3/t38-,40+,43-/m0/s1. The summed E-state index contributed by atoms with van der Waals surface area (Å²) in [4.78, 5) is 2.64. The normalized spacial score (nSPS) is 19.8. The lowest BCUT2D eigenvalue weighted by Gasteiger charge is -2.47. The third kappa shape index (κ3) is 9.60. The van der Waals surface area contributed by atoms with Crippen molar-refractivity contribution in [1.82, 2.24) is 4.31 Å². The van der Waals surface area contributed by atoms with Crippen LogP contribution in [0.5, 0.6) is 5.75 Å². The van der Waals surface area contributed by atoms with E-state index in [0.29, 0.717) is 61.0 Å². The topological polar surface area (TPSA) is 86.8 Å². The Morgan fingerprint density at radius 1 is 0.852 bits per heavy atom. The van der Waals surface area contributed by atoms with Gasteiger partial charge in [-0.15, -0.1) is 0 Å². The third-order valence-corrected chi connectivity index (χ3v) is 19.6. The van der Waals surface area contributed by atoms with E-state index in [-0.39, 0.29) is 18.5 Å². The second-order valence-electron chi connectivity index (χ2n) is 16.0. The minimum Gasteiger partial charge on any atom is -0.490 e. The molecule has 0 spiro atoms. The Bertz CT molecular complexity index is 1710. The quantitative estimate of drug-likeness (QED) is 0.0937. The maximum absolute atomic E-state index is 14.7. The molecule has 298 valence electrons. The van der Waals surface area contributed by atoms with Crippen LogP contribution in [0.2, 0.25) is 16.6 Å². The van der Waals surface area contributed by atoms with Crippen molar-refractivity contribution >= 4 is 24.0 Å². The molecule has 0 aliphatic carbocycles. The molecule has 0 amide bonds. The molecule has 1 saturated heterocycles. The smallest absolute Gasteiger partial charge is 0.243 e. The van der Waals surface area contributed by atoms with E-state index >= 15 is 0 Å². The predicted molar refractivity (Wildman–Crippen MR) is 220 cm³/mol. The lowest BCUT2D eigenvalue weighted by molar-refractivity contribution is -0.0262. The summed E-state index contributed by atoms with van der Waals surface area (Å²) in [7, 11) is -2.75. The second kappa shape index (κ2) is 18.9. The highest BCUT2D eigenvalue weighted by Gasteiger charge is 2.48. The second-order valence-corrected chi connectivity index (χ2v) is 23.4. The third-order valence-electron chi connectivity index (χ3n) is 11.5. The van der Waals surface area contributed by atoms with Gasteiger partial charge in [0, 0.05) is 45.9 Å². The molecule has 0 aromatic heterocycles. The van der Waals surface area contributed by atoms with Gasteiger partial charge in [-0.25, -0.2) is 8.42 Å². The summed E-state index contributed by atoms with van der Waals surface area (Å²) >= 11 is 0. The SMILES string of the molecule is COCCCN1CCOc2ccc(CO[C@H]3CN(S(=O)(=O)c4ccc(C)cc4)[C@H](CO[Si](C(C)C)(C(C)C)C(C)C)C[C@@H]3c3ccc(COC)cc3)cc21. The van der Waals surface area contributed by atoms with Crippen LogP contribution in [0.3, 0.4) is 0 Å². The minimum absolute atomic E-state index is 0.0561. The molecule has 3 aromatic rings. The lowest BCUT2D eigenvalue weighted by Crippen LogP contribution is -2.56. The predicted octanol–water partition coefficient (Wildman–Crippen LogP) is 8.70. The molecule has 0 radical (unpaired) electrons. The van der Waals surface area contributed by atoms with Crippen molar-refractivity contribution < 1.29 is 31.8 Å². The van der Waals surface area contributed by atoms with Crippen LogP contribution in [0.4, 0.5) is 5.69 Å². The monoisotopic (exact) mass is 780 g/mol. The molecular weight excluding hydrogens is 717 g/mol. The van der Waals surface area contributed by atoms with Crippen LogP contribution in [0.15, 0.2) is 71.6 Å². The summed E-state index contributed by atoms with van der Waals surface area (Å²) in [6.45, 7) is 20.1. The number of benzene rings is 3. The summed E-state index contributed by atoms with van der Waals surface area (Å²) in [5.74, 6) is 0.815. The molecule has 3 aromatic carbocycles. The largest absolute Gasteiger partial charge is 0.490 e. The first-order chi connectivity index (χ1) is 25.8. The van der Waals surface area contributed by atoms with Crippen molar-refractivity contribution in [3.63, 3.8) is 0 Å². The first kappa shape index (κ1) is 42.4. The Kier molecular flexibility index (Phi) is 14.8. The highest BCUT2D eigenvalue weighted by molar-refractivity contribution is 7.89. The number of aryl methyl sites for hydroxylation is 1. The van der Waals surface area contributed by atoms with Gasteiger partial charge in [0.25, 0.3) is 0 Å². The number of methoxy groups -OCH3 is 2. The summed E-state index contributed by atoms with van der Waals surface area (Å²) in [6, 6.07) is 21.6. The van der Waals surface area contributed by atoms with E-state index in [0.717, 1.165) is 53.2 Å². The van der Waals surface area contributed by atoms with Gasteiger partial charge in [0.1, 0.15) is 12.4 Å². The summed E-state index contributed by atoms with van der Waals surface area (Å²) in [5.41, 5.74) is 6.43. The Morgan fingerprint density at radius 3 is 2.15 bits per heavy atom. The van der Waals surface area contributed by atoms with Gasteiger partial charge in [-0.1, -0.05) is 89.6 Å². The Morgan fingerprint density at radius 2 is 1.52 bits per heavy atom. The molecule has 11 heteroatoms. The average Bonchev–Trinajstić information content (AvgIpc) is 3.14. The first-order valence-corrected chi connectivity index (χ1v) is 23.3. The fourth-order valence-corrected chi connectivity index (χ4v) is 16.0. The van der Waals surface area contributed by atoms with E-state index in [2.05, 4.69) is 82.8 Å². The molecule has 5 rings (SSSR count). The summed E-state index contributed by atoms with van der Waals surface area (Å²) in [6.07, 6.45) is 1.10. The van der Waals surface area contributed by atoms with Gasteiger partial charge in [-0.2, -0.15) is 4.31 Å².